The van der Waals surface area contributed by atoms with Crippen LogP contribution < -0.4 is 10.6 Å². The molecule has 126 valence electrons. The molecule has 0 amide bonds. The first-order chi connectivity index (χ1) is 12.2. The second-order valence-electron chi connectivity index (χ2n) is 5.89. The lowest BCUT2D eigenvalue weighted by Gasteiger charge is -2.33. The van der Waals surface area contributed by atoms with Crippen molar-refractivity contribution >= 4 is 33.0 Å². The van der Waals surface area contributed by atoms with Crippen molar-refractivity contribution in [3.8, 4) is 5.75 Å². The molecule has 1 aliphatic heterocycles. The van der Waals surface area contributed by atoms with Gasteiger partial charge in [-0.3, -0.25) is 5.32 Å². The number of rotatable bonds is 3. The van der Waals surface area contributed by atoms with Gasteiger partial charge in [0.05, 0.1) is 11.7 Å². The Labute approximate surface area is 159 Å². The number of nitrogens with one attached hydrogen (secondary N) is 2. The van der Waals surface area contributed by atoms with Crippen LogP contribution >= 0.6 is 27.3 Å². The minimum Gasteiger partial charge on any atom is -0.508 e. The molecule has 5 heteroatoms. The highest BCUT2D eigenvalue weighted by Crippen LogP contribution is 2.34. The van der Waals surface area contributed by atoms with Crippen LogP contribution in [0.4, 0.5) is 0 Å². The first-order valence-corrected chi connectivity index (χ1v) is 9.69. The topological polar surface area (TPSA) is 44.3 Å². The average Bonchev–Trinajstić information content (AvgIpc) is 3.16. The molecule has 2 atom stereocenters. The average molecular weight is 413 g/mol. The molecule has 3 N–H and O–H groups in total. The Morgan fingerprint density at radius 1 is 1.00 bits per heavy atom. The number of benzene rings is 2. The number of hydrogen-bond acceptors (Lipinski definition) is 4. The first-order valence-electron chi connectivity index (χ1n) is 8.02. The predicted molar refractivity (Wildman–Crippen MR) is 106 cm³/mol. The van der Waals surface area contributed by atoms with Crippen LogP contribution in [0.25, 0.3) is 5.70 Å². The van der Waals surface area contributed by atoms with E-state index in [-0.39, 0.29) is 12.2 Å². The summed E-state index contributed by atoms with van der Waals surface area (Å²) < 4.78 is 1.04. The summed E-state index contributed by atoms with van der Waals surface area (Å²) in [5.74, 6) is 0.302. The third-order valence-electron chi connectivity index (χ3n) is 4.22. The largest absolute Gasteiger partial charge is 0.508 e. The van der Waals surface area contributed by atoms with E-state index in [4.69, 9.17) is 0 Å². The number of aromatic hydroxyl groups is 1. The van der Waals surface area contributed by atoms with Crippen molar-refractivity contribution < 1.29 is 5.11 Å². The summed E-state index contributed by atoms with van der Waals surface area (Å²) in [6.07, 6.45) is 2.08. The molecule has 3 aromatic rings. The van der Waals surface area contributed by atoms with Crippen molar-refractivity contribution in [3.63, 3.8) is 0 Å². The summed E-state index contributed by atoms with van der Waals surface area (Å²) in [7, 11) is 0. The normalized spacial score (nSPS) is 20.0. The Balaban J connectivity index is 1.75. The summed E-state index contributed by atoms with van der Waals surface area (Å²) in [4.78, 5) is 1.18. The van der Waals surface area contributed by atoms with Crippen LogP contribution in [0.5, 0.6) is 5.75 Å². The number of para-hydroxylation sites is 1. The van der Waals surface area contributed by atoms with Gasteiger partial charge in [0.2, 0.25) is 0 Å². The summed E-state index contributed by atoms with van der Waals surface area (Å²) in [6, 6.07) is 19.8. The Kier molecular flexibility index (Phi) is 4.61. The molecule has 1 aromatic heterocycles. The Hall–Kier alpha value is -2.08. The van der Waals surface area contributed by atoms with Crippen LogP contribution in [0.15, 0.2) is 76.6 Å². The number of thiophene rings is 1. The van der Waals surface area contributed by atoms with E-state index in [9.17, 15) is 5.11 Å². The van der Waals surface area contributed by atoms with Crippen molar-refractivity contribution in [1.82, 2.24) is 10.6 Å². The molecular weight excluding hydrogens is 396 g/mol. The van der Waals surface area contributed by atoms with Crippen molar-refractivity contribution in [1.29, 1.82) is 0 Å². The SMILES string of the molecule is Oc1ccccc1C1C=C(c2cccs2)NC(c2cccc(Br)c2)N1. The molecule has 25 heavy (non-hydrogen) atoms. The van der Waals surface area contributed by atoms with Gasteiger partial charge in [-0.05, 0) is 41.3 Å². The van der Waals surface area contributed by atoms with Crippen LogP contribution in [0, 0.1) is 0 Å². The van der Waals surface area contributed by atoms with Crippen molar-refractivity contribution in [2.45, 2.75) is 12.2 Å². The third kappa shape index (κ3) is 3.49. The fourth-order valence-electron chi connectivity index (χ4n) is 3.02. The highest BCUT2D eigenvalue weighted by atomic mass is 79.9. The van der Waals surface area contributed by atoms with Gasteiger partial charge in [-0.1, -0.05) is 52.3 Å². The molecule has 2 unspecified atom stereocenters. The summed E-state index contributed by atoms with van der Waals surface area (Å²) in [5, 5.41) is 19.5. The molecule has 2 aromatic carbocycles. The maximum absolute atomic E-state index is 10.3. The highest BCUT2D eigenvalue weighted by Gasteiger charge is 2.25. The van der Waals surface area contributed by atoms with Gasteiger partial charge in [-0.15, -0.1) is 11.3 Å². The van der Waals surface area contributed by atoms with Gasteiger partial charge in [0.1, 0.15) is 11.9 Å². The molecule has 3 nitrogen and oxygen atoms in total. The van der Waals surface area contributed by atoms with Gasteiger partial charge in [-0.2, -0.15) is 0 Å². The summed E-state index contributed by atoms with van der Waals surface area (Å²) in [5.41, 5.74) is 3.09. The number of phenols is 1. The smallest absolute Gasteiger partial charge is 0.120 e. The van der Waals surface area contributed by atoms with Gasteiger partial charge >= 0.3 is 0 Å². The minimum atomic E-state index is -0.0801. The molecular formula is C20H17BrN2OS. The summed E-state index contributed by atoms with van der Waals surface area (Å²) in [6.45, 7) is 0. The van der Waals surface area contributed by atoms with E-state index in [0.717, 1.165) is 21.3 Å². The molecule has 0 radical (unpaired) electrons. The molecule has 1 aliphatic rings. The van der Waals surface area contributed by atoms with Gasteiger partial charge in [-0.25, -0.2) is 0 Å². The van der Waals surface area contributed by atoms with E-state index in [1.54, 1.807) is 17.4 Å². The maximum Gasteiger partial charge on any atom is 0.120 e. The Morgan fingerprint density at radius 2 is 1.88 bits per heavy atom. The molecule has 2 heterocycles. The molecule has 0 fully saturated rings. The minimum absolute atomic E-state index is 0.0517. The van der Waals surface area contributed by atoms with E-state index in [1.807, 2.05) is 36.4 Å². The second-order valence-corrected chi connectivity index (χ2v) is 7.76. The van der Waals surface area contributed by atoms with Crippen molar-refractivity contribution in [2.24, 2.45) is 0 Å². The highest BCUT2D eigenvalue weighted by molar-refractivity contribution is 9.10. The van der Waals surface area contributed by atoms with E-state index in [1.165, 1.54) is 4.88 Å². The zero-order chi connectivity index (χ0) is 17.2. The van der Waals surface area contributed by atoms with Crippen molar-refractivity contribution in [2.75, 3.05) is 0 Å². The van der Waals surface area contributed by atoms with E-state index in [2.05, 4.69) is 56.2 Å². The molecule has 0 aliphatic carbocycles. The Bertz CT molecular complexity index is 908. The van der Waals surface area contributed by atoms with E-state index < -0.39 is 0 Å². The molecule has 0 bridgehead atoms. The van der Waals surface area contributed by atoms with Gasteiger partial charge < -0.3 is 10.4 Å². The van der Waals surface area contributed by atoms with Gasteiger partial charge in [0, 0.05) is 14.9 Å². The van der Waals surface area contributed by atoms with Crippen LogP contribution in [0.2, 0.25) is 0 Å². The quantitative estimate of drug-likeness (QED) is 0.554. The standard InChI is InChI=1S/C20H17BrN2OS/c21-14-6-3-5-13(11-14)20-22-16(15-7-1-2-8-18(15)24)12-17(23-20)19-9-4-10-25-19/h1-12,16,20,22-24H. The lowest BCUT2D eigenvalue weighted by atomic mass is 10.00. The molecule has 0 spiro atoms. The van der Waals surface area contributed by atoms with E-state index in [0.29, 0.717) is 5.75 Å². The molecule has 4 rings (SSSR count). The molecule has 0 saturated heterocycles. The monoisotopic (exact) mass is 412 g/mol. The zero-order valence-electron chi connectivity index (χ0n) is 13.3. The predicted octanol–water partition coefficient (Wildman–Crippen LogP) is 5.19. The molecule has 0 saturated carbocycles. The summed E-state index contributed by atoms with van der Waals surface area (Å²) >= 11 is 5.25. The fourth-order valence-corrected chi connectivity index (χ4v) is 4.15. The van der Waals surface area contributed by atoms with Gasteiger partial charge in [0.25, 0.3) is 0 Å². The fraction of sp³-hybridized carbons (Fsp3) is 0.100. The van der Waals surface area contributed by atoms with Crippen molar-refractivity contribution in [3.05, 3.63) is 92.6 Å². The lowest BCUT2D eigenvalue weighted by Crippen LogP contribution is -2.39. The zero-order valence-corrected chi connectivity index (χ0v) is 15.7. The van der Waals surface area contributed by atoms with Gasteiger partial charge in [0.15, 0.2) is 0 Å². The third-order valence-corrected chi connectivity index (χ3v) is 5.62. The second kappa shape index (κ2) is 7.04. The first kappa shape index (κ1) is 16.4. The van der Waals surface area contributed by atoms with Crippen LogP contribution in [-0.4, -0.2) is 5.11 Å². The lowest BCUT2D eigenvalue weighted by molar-refractivity contribution is 0.419. The van der Waals surface area contributed by atoms with Crippen LogP contribution in [0.3, 0.4) is 0 Å². The van der Waals surface area contributed by atoms with Crippen LogP contribution in [-0.2, 0) is 0 Å². The number of hydrogen-bond donors (Lipinski definition) is 3. The maximum atomic E-state index is 10.3. The van der Waals surface area contributed by atoms with Crippen LogP contribution in [0.1, 0.15) is 28.2 Å². The number of phenolic OH excluding ortho intramolecular Hbond substituents is 1. The number of halogens is 1. The Morgan fingerprint density at radius 3 is 2.64 bits per heavy atom. The van der Waals surface area contributed by atoms with E-state index >= 15 is 0 Å².